The van der Waals surface area contributed by atoms with E-state index in [0.29, 0.717) is 70.6 Å². The maximum atomic E-state index is 11.8. The van der Waals surface area contributed by atoms with E-state index < -0.39 is 92.0 Å². The second-order valence-corrected chi connectivity index (χ2v) is 27.5. The van der Waals surface area contributed by atoms with E-state index in [2.05, 4.69) is 51.6 Å². The van der Waals surface area contributed by atoms with Crippen LogP contribution in [0, 0.1) is 5.92 Å². The minimum atomic E-state index is -5.20. The van der Waals surface area contributed by atoms with E-state index in [1.807, 2.05) is 6.08 Å². The standard InChI is InChI=1S/C55H82O20S2.2Na/c1-10-11-29(2)12-15-51(5,56)50-31(4)20-41-40(71-50)25-45-55(9,73-41)28-44-38(68-45)24-43-49(70-44)30(3)13-16-53(7)47(69-43)27-46-54(8,75-53)17-14-32-33(67-46)21-35-34(64-32)22-36-37(65-35)23-42-39(66-36)26-48(74-77(60,61)62)52(6,72-42)18-19-63-76(57,58)59;;/h10,12,15,30,32-50,56H,1-2,4,11,13-14,16-28H2,3,5-9H3,(H,57,58,59)(H,60,61,62);;/q;2*+1/p-2/b15-12+;;/t30-,32-,33+,34+,35-,36-,37+,38+,39+,40+,41-,42-,43-,44-,45-,46-,47+,48-,49+,50-,51+,52+,53-,54+,55+;;/m0../s1. The van der Waals surface area contributed by atoms with Crippen LogP contribution in [0.3, 0.4) is 0 Å². The van der Waals surface area contributed by atoms with Gasteiger partial charge in [0.2, 0.25) is 20.8 Å². The Morgan fingerprint density at radius 2 is 1.23 bits per heavy atom. The van der Waals surface area contributed by atoms with Crippen molar-refractivity contribution >= 4 is 20.8 Å². The molecule has 0 saturated carbocycles. The summed E-state index contributed by atoms with van der Waals surface area (Å²) in [5.74, 6) is 0.185. The molecule has 0 radical (unpaired) electrons. The topological polar surface area (TPSA) is 255 Å². The Morgan fingerprint density at radius 3 is 1.86 bits per heavy atom. The Bertz CT molecular complexity index is 2520. The molecule has 0 aromatic heterocycles. The Labute approximate surface area is 510 Å². The number of allylic oxidation sites excluding steroid dienone is 3. The second kappa shape index (κ2) is 23.7. The molecule has 11 rings (SSSR count). The molecule has 0 aromatic carbocycles. The summed E-state index contributed by atoms with van der Waals surface area (Å²) in [6.07, 6.45) is 5.77. The van der Waals surface area contributed by atoms with Crippen molar-refractivity contribution in [2.24, 2.45) is 5.92 Å². The third-order valence-electron chi connectivity index (χ3n) is 19.5. The maximum Gasteiger partial charge on any atom is 1.00 e. The van der Waals surface area contributed by atoms with Crippen LogP contribution in [0.1, 0.15) is 138 Å². The molecule has 0 amide bonds. The number of ether oxygens (including phenoxy) is 11. The first-order chi connectivity index (χ1) is 36.1. The summed E-state index contributed by atoms with van der Waals surface area (Å²) in [4.78, 5) is 0. The van der Waals surface area contributed by atoms with Crippen LogP contribution in [0.5, 0.6) is 0 Å². The Hall–Kier alpha value is 0.220. The number of hydrogen-bond acceptors (Lipinski definition) is 20. The van der Waals surface area contributed by atoms with Gasteiger partial charge in [-0.25, -0.2) is 16.8 Å². The van der Waals surface area contributed by atoms with Gasteiger partial charge in [-0.15, -0.1) is 6.58 Å². The minimum absolute atomic E-state index is 0. The molecule has 11 heterocycles. The summed E-state index contributed by atoms with van der Waals surface area (Å²) in [6.45, 7) is 23.5. The van der Waals surface area contributed by atoms with Crippen molar-refractivity contribution in [1.29, 1.82) is 0 Å². The van der Waals surface area contributed by atoms with Gasteiger partial charge in [-0.3, -0.25) is 8.37 Å². The summed E-state index contributed by atoms with van der Waals surface area (Å²) in [5.41, 5.74) is -3.04. The average molecular weight is 1170 g/mol. The molecule has 79 heavy (non-hydrogen) atoms. The SMILES string of the molecule is C=CCC(=C)/C=C/[C@@](C)(O)[C@H]1O[C@@H]2C[C@@H]3O[C@@H]4C[C@@H]5O[C@@H]6C[C@@H]7O[C@@H]8C[C@@H]9O[C@@H]%10C[C@@H]%11O[C@](C)(CCOS(=O)(=O)[O-])[C@@H](OS(=O)(=O)[O-])C[C@H]%11O[C@H]%10C[C@H]9O[C@H]8CC[C@@]7(C)O[C@@]6(C)CC[C@H](C)[C@H]5O[C@H]4C[C@@]3(C)O[C@H]2CC1=C.[Na+].[Na+]. The van der Waals surface area contributed by atoms with Crippen molar-refractivity contribution in [2.45, 2.75) is 282 Å². The van der Waals surface area contributed by atoms with Gasteiger partial charge in [0.05, 0.1) is 133 Å². The van der Waals surface area contributed by atoms with Gasteiger partial charge in [-0.05, 0) is 84.6 Å². The third-order valence-corrected chi connectivity index (χ3v) is 20.4. The molecular formula is C55H80Na2O20S2. The monoisotopic (exact) mass is 1170 g/mol. The molecule has 0 bridgehead atoms. The fourth-order valence-corrected chi connectivity index (χ4v) is 16.1. The van der Waals surface area contributed by atoms with Gasteiger partial charge in [0.1, 0.15) is 17.8 Å². The predicted molar refractivity (Wildman–Crippen MR) is 271 cm³/mol. The van der Waals surface area contributed by atoms with Crippen LogP contribution in [0.4, 0.5) is 0 Å². The van der Waals surface area contributed by atoms with Crippen LogP contribution >= 0.6 is 0 Å². The number of hydrogen-bond donors (Lipinski definition) is 1. The molecule has 11 fully saturated rings. The number of aliphatic hydroxyl groups is 1. The predicted octanol–water partition coefficient (Wildman–Crippen LogP) is -0.588. The molecule has 1 N–H and O–H groups in total. The van der Waals surface area contributed by atoms with Crippen molar-refractivity contribution in [3.05, 3.63) is 49.1 Å². The summed E-state index contributed by atoms with van der Waals surface area (Å²) in [7, 11) is -10.2. The van der Waals surface area contributed by atoms with Crippen LogP contribution < -0.4 is 59.1 Å². The minimum Gasteiger partial charge on any atom is -0.726 e. The first kappa shape index (κ1) is 63.7. The van der Waals surface area contributed by atoms with Crippen LogP contribution in [0.2, 0.25) is 0 Å². The third kappa shape index (κ3) is 13.2. The molecule has 0 spiro atoms. The second-order valence-electron chi connectivity index (χ2n) is 25.4. The molecule has 0 aliphatic carbocycles. The molecule has 0 unspecified atom stereocenters. The van der Waals surface area contributed by atoms with Gasteiger partial charge < -0.3 is 66.3 Å². The Morgan fingerprint density at radius 1 is 0.684 bits per heavy atom. The van der Waals surface area contributed by atoms with Crippen molar-refractivity contribution < 1.29 is 151 Å². The van der Waals surface area contributed by atoms with Gasteiger partial charge in [0, 0.05) is 57.8 Å². The fourth-order valence-electron chi connectivity index (χ4n) is 15.3. The largest absolute Gasteiger partial charge is 1.00 e. The Kier molecular flexibility index (Phi) is 19.1. The first-order valence-electron chi connectivity index (χ1n) is 28.0. The van der Waals surface area contributed by atoms with Gasteiger partial charge in [0.15, 0.2) is 0 Å². The fraction of sp³-hybridized carbons (Fsp3) is 0.855. The van der Waals surface area contributed by atoms with Crippen LogP contribution in [-0.2, 0) is 81.3 Å². The molecule has 434 valence electrons. The molecule has 11 aliphatic rings. The van der Waals surface area contributed by atoms with E-state index in [4.69, 9.17) is 56.3 Å². The molecule has 24 heteroatoms. The molecule has 11 saturated heterocycles. The number of rotatable bonds is 11. The molecule has 20 nitrogen and oxygen atoms in total. The van der Waals surface area contributed by atoms with Gasteiger partial charge in [0.25, 0.3) is 0 Å². The summed E-state index contributed by atoms with van der Waals surface area (Å²) >= 11 is 0. The smallest absolute Gasteiger partial charge is 0.726 e. The van der Waals surface area contributed by atoms with Crippen molar-refractivity contribution in [3.63, 3.8) is 0 Å². The number of fused-ring (bicyclic) bond motifs is 10. The van der Waals surface area contributed by atoms with Crippen molar-refractivity contribution in [2.75, 3.05) is 6.61 Å². The van der Waals surface area contributed by atoms with E-state index >= 15 is 0 Å². The van der Waals surface area contributed by atoms with Crippen LogP contribution in [0.15, 0.2) is 49.1 Å². The van der Waals surface area contributed by atoms with Crippen molar-refractivity contribution in [3.8, 4) is 0 Å². The van der Waals surface area contributed by atoms with Crippen LogP contribution in [0.25, 0.3) is 0 Å². The molecular weight excluding hydrogens is 1090 g/mol. The summed E-state index contributed by atoms with van der Waals surface area (Å²) in [6, 6.07) is 0. The zero-order valence-electron chi connectivity index (χ0n) is 47.2. The van der Waals surface area contributed by atoms with E-state index in [1.165, 1.54) is 6.92 Å². The van der Waals surface area contributed by atoms with E-state index in [1.54, 1.807) is 19.1 Å². The normalized spacial score (nSPS) is 49.3. The molecule has 25 atom stereocenters. The van der Waals surface area contributed by atoms with E-state index in [-0.39, 0.29) is 157 Å². The quantitative estimate of drug-likeness (QED) is 0.0892. The van der Waals surface area contributed by atoms with Gasteiger partial charge >= 0.3 is 59.1 Å². The molecule has 0 aromatic rings. The van der Waals surface area contributed by atoms with Crippen molar-refractivity contribution in [1.82, 2.24) is 0 Å². The summed E-state index contributed by atoms with van der Waals surface area (Å²) < 4.78 is 155. The van der Waals surface area contributed by atoms with Crippen LogP contribution in [-0.4, -0.2) is 182 Å². The summed E-state index contributed by atoms with van der Waals surface area (Å²) in [5, 5.41) is 11.6. The Balaban J connectivity index is 0.00000378. The van der Waals surface area contributed by atoms with Gasteiger partial charge in [-0.1, -0.05) is 43.9 Å². The van der Waals surface area contributed by atoms with E-state index in [0.717, 1.165) is 24.0 Å². The maximum absolute atomic E-state index is 11.8. The van der Waals surface area contributed by atoms with E-state index in [9.17, 15) is 31.0 Å². The zero-order chi connectivity index (χ0) is 54.8. The average Bonchev–Trinajstić information content (AvgIpc) is 3.56. The van der Waals surface area contributed by atoms with Gasteiger partial charge in [-0.2, -0.15) is 0 Å². The zero-order valence-corrected chi connectivity index (χ0v) is 52.9. The first-order valence-corrected chi connectivity index (χ1v) is 30.7. The molecule has 11 aliphatic heterocycles.